The highest BCUT2D eigenvalue weighted by Gasteiger charge is 2.15. The molecule has 234 valence electrons. The molecule has 9 rings (SSSR count). The van der Waals surface area contributed by atoms with Gasteiger partial charge in [0.1, 0.15) is 0 Å². The van der Waals surface area contributed by atoms with Gasteiger partial charge in [-0.2, -0.15) is 0 Å². The van der Waals surface area contributed by atoms with E-state index < -0.39 is 0 Å². The Balaban J connectivity index is 1.19. The summed E-state index contributed by atoms with van der Waals surface area (Å²) in [6.45, 7) is 0. The molecule has 1 heterocycles. The highest BCUT2D eigenvalue weighted by molar-refractivity contribution is 6.14. The van der Waals surface area contributed by atoms with Crippen LogP contribution in [0.15, 0.2) is 188 Å². The Morgan fingerprint density at radius 3 is 1.38 bits per heavy atom. The summed E-state index contributed by atoms with van der Waals surface area (Å²) in [7, 11) is 0. The molecule has 0 bridgehead atoms. The van der Waals surface area contributed by atoms with Crippen LogP contribution in [0, 0.1) is 0 Å². The Kier molecular flexibility index (Phi) is 7.49. The second-order valence-corrected chi connectivity index (χ2v) is 12.5. The summed E-state index contributed by atoms with van der Waals surface area (Å²) in [5, 5.41) is 4.90. The van der Waals surface area contributed by atoms with Gasteiger partial charge >= 0.3 is 0 Å². The van der Waals surface area contributed by atoms with Crippen LogP contribution in [0.3, 0.4) is 0 Å². The first-order valence-corrected chi connectivity index (χ1v) is 16.9. The Morgan fingerprint density at radius 1 is 0.240 bits per heavy atom. The minimum absolute atomic E-state index is 0.637. The largest absolute Gasteiger partial charge is 0.208 e. The van der Waals surface area contributed by atoms with Gasteiger partial charge in [-0.15, -0.1) is 0 Å². The quantitative estimate of drug-likeness (QED) is 0.170. The molecule has 0 aliphatic heterocycles. The van der Waals surface area contributed by atoms with Crippen LogP contribution in [-0.2, 0) is 0 Å². The molecule has 0 spiro atoms. The summed E-state index contributed by atoms with van der Waals surface area (Å²) >= 11 is 0. The highest BCUT2D eigenvalue weighted by atomic mass is 15.0. The number of fused-ring (bicyclic) bond motifs is 3. The molecule has 0 aliphatic carbocycles. The standard InChI is InChI=1S/C47H31N3/c1-4-13-32(14-5-1)34-23-25-36(26-24-34)46-48-45(35-17-8-3-9-18-35)49-47(50-46)40-21-12-20-38(29-40)43-31-39-19-10-11-22-41(39)42-28-27-37(30-44(42)43)33-15-6-2-7-16-33/h1-31H. The van der Waals surface area contributed by atoms with Crippen molar-refractivity contribution in [1.82, 2.24) is 15.0 Å². The van der Waals surface area contributed by atoms with Crippen molar-refractivity contribution in [2.24, 2.45) is 0 Å². The van der Waals surface area contributed by atoms with Crippen LogP contribution < -0.4 is 0 Å². The SMILES string of the molecule is c1ccc(-c2ccc(-c3nc(-c4ccccc4)nc(-c4cccc(-c5cc6ccccc6c6ccc(-c7ccccc7)cc56)c4)n3)cc2)cc1. The van der Waals surface area contributed by atoms with E-state index in [4.69, 9.17) is 15.0 Å². The van der Waals surface area contributed by atoms with Crippen LogP contribution in [0.2, 0.25) is 0 Å². The van der Waals surface area contributed by atoms with Crippen LogP contribution in [0.5, 0.6) is 0 Å². The lowest BCUT2D eigenvalue weighted by molar-refractivity contribution is 1.07. The van der Waals surface area contributed by atoms with Crippen LogP contribution >= 0.6 is 0 Å². The fraction of sp³-hybridized carbons (Fsp3) is 0. The van der Waals surface area contributed by atoms with Crippen LogP contribution in [0.25, 0.3) is 89.1 Å². The molecule has 0 N–H and O–H groups in total. The maximum atomic E-state index is 5.08. The fourth-order valence-corrected chi connectivity index (χ4v) is 6.77. The molecule has 1 aromatic heterocycles. The van der Waals surface area contributed by atoms with Gasteiger partial charge in [0.05, 0.1) is 0 Å². The molecule has 0 saturated carbocycles. The minimum Gasteiger partial charge on any atom is -0.208 e. The van der Waals surface area contributed by atoms with Gasteiger partial charge in [-0.3, -0.25) is 0 Å². The normalized spacial score (nSPS) is 11.2. The van der Waals surface area contributed by atoms with Gasteiger partial charge in [-0.1, -0.05) is 170 Å². The number of hydrogen-bond donors (Lipinski definition) is 0. The molecule has 3 nitrogen and oxygen atoms in total. The van der Waals surface area contributed by atoms with Gasteiger partial charge in [0, 0.05) is 16.7 Å². The third-order valence-corrected chi connectivity index (χ3v) is 9.32. The smallest absolute Gasteiger partial charge is 0.164 e. The van der Waals surface area contributed by atoms with E-state index in [0.29, 0.717) is 17.5 Å². The van der Waals surface area contributed by atoms with Crippen molar-refractivity contribution in [2.75, 3.05) is 0 Å². The van der Waals surface area contributed by atoms with E-state index in [1.54, 1.807) is 0 Å². The molecule has 3 heteroatoms. The zero-order chi connectivity index (χ0) is 33.3. The summed E-state index contributed by atoms with van der Waals surface area (Å²) in [5.41, 5.74) is 9.82. The Bertz CT molecular complexity index is 2610. The zero-order valence-electron chi connectivity index (χ0n) is 27.2. The minimum atomic E-state index is 0.637. The van der Waals surface area contributed by atoms with Crippen LogP contribution in [-0.4, -0.2) is 15.0 Å². The number of nitrogens with zero attached hydrogens (tertiary/aromatic N) is 3. The zero-order valence-corrected chi connectivity index (χ0v) is 27.2. The molecule has 50 heavy (non-hydrogen) atoms. The monoisotopic (exact) mass is 637 g/mol. The summed E-state index contributed by atoms with van der Waals surface area (Å²) in [6, 6.07) is 65.9. The molecule has 0 aliphatic rings. The molecular formula is C47H31N3. The first-order valence-electron chi connectivity index (χ1n) is 16.9. The maximum Gasteiger partial charge on any atom is 0.164 e. The summed E-state index contributed by atoms with van der Waals surface area (Å²) in [6.07, 6.45) is 0. The third-order valence-electron chi connectivity index (χ3n) is 9.32. The van der Waals surface area contributed by atoms with Gasteiger partial charge in [0.25, 0.3) is 0 Å². The van der Waals surface area contributed by atoms with Gasteiger partial charge < -0.3 is 0 Å². The van der Waals surface area contributed by atoms with E-state index >= 15 is 0 Å². The van der Waals surface area contributed by atoms with Gasteiger partial charge in [-0.25, -0.2) is 15.0 Å². The van der Waals surface area contributed by atoms with Crippen molar-refractivity contribution in [3.63, 3.8) is 0 Å². The van der Waals surface area contributed by atoms with Gasteiger partial charge in [0.2, 0.25) is 0 Å². The lowest BCUT2D eigenvalue weighted by Gasteiger charge is -2.14. The molecule has 0 amide bonds. The average molecular weight is 638 g/mol. The molecule has 0 atom stereocenters. The Morgan fingerprint density at radius 2 is 0.700 bits per heavy atom. The topological polar surface area (TPSA) is 38.7 Å². The number of hydrogen-bond acceptors (Lipinski definition) is 3. The molecule has 0 saturated heterocycles. The van der Waals surface area contributed by atoms with Crippen molar-refractivity contribution < 1.29 is 0 Å². The molecule has 0 unspecified atom stereocenters. The van der Waals surface area contributed by atoms with Gasteiger partial charge in [0.15, 0.2) is 17.5 Å². The van der Waals surface area contributed by atoms with E-state index in [1.807, 2.05) is 36.4 Å². The second-order valence-electron chi connectivity index (χ2n) is 12.5. The summed E-state index contributed by atoms with van der Waals surface area (Å²) in [5.74, 6) is 1.92. The Labute approximate surface area is 291 Å². The predicted molar refractivity (Wildman–Crippen MR) is 207 cm³/mol. The lowest BCUT2D eigenvalue weighted by Crippen LogP contribution is -2.00. The molecule has 8 aromatic carbocycles. The average Bonchev–Trinajstić information content (AvgIpc) is 3.21. The van der Waals surface area contributed by atoms with Gasteiger partial charge in [-0.05, 0) is 73.1 Å². The van der Waals surface area contributed by atoms with E-state index in [9.17, 15) is 0 Å². The van der Waals surface area contributed by atoms with Crippen LogP contribution in [0.4, 0.5) is 0 Å². The van der Waals surface area contributed by atoms with Crippen molar-refractivity contribution in [2.45, 2.75) is 0 Å². The van der Waals surface area contributed by atoms with Crippen molar-refractivity contribution in [3.8, 4) is 67.5 Å². The molecule has 0 fully saturated rings. The third kappa shape index (κ3) is 5.61. The summed E-state index contributed by atoms with van der Waals surface area (Å²) in [4.78, 5) is 15.1. The molecule has 0 radical (unpaired) electrons. The van der Waals surface area contributed by atoms with E-state index in [2.05, 4.69) is 152 Å². The van der Waals surface area contributed by atoms with Crippen molar-refractivity contribution >= 4 is 21.5 Å². The summed E-state index contributed by atoms with van der Waals surface area (Å²) < 4.78 is 0. The lowest BCUT2D eigenvalue weighted by atomic mass is 9.90. The van der Waals surface area contributed by atoms with E-state index in [-0.39, 0.29) is 0 Å². The predicted octanol–water partition coefficient (Wildman–Crippen LogP) is 12.2. The second kappa shape index (κ2) is 12.7. The maximum absolute atomic E-state index is 5.08. The van der Waals surface area contributed by atoms with Crippen LogP contribution in [0.1, 0.15) is 0 Å². The number of rotatable bonds is 6. The number of benzene rings is 8. The van der Waals surface area contributed by atoms with Crippen molar-refractivity contribution in [1.29, 1.82) is 0 Å². The molecule has 9 aromatic rings. The first kappa shape index (κ1) is 29.4. The molecular weight excluding hydrogens is 607 g/mol. The Hall–Kier alpha value is -6.71. The van der Waals surface area contributed by atoms with E-state index in [0.717, 1.165) is 27.8 Å². The van der Waals surface area contributed by atoms with Crippen molar-refractivity contribution in [3.05, 3.63) is 188 Å². The fourth-order valence-electron chi connectivity index (χ4n) is 6.77. The van der Waals surface area contributed by atoms with E-state index in [1.165, 1.54) is 43.8 Å². The first-order chi connectivity index (χ1) is 24.8. The number of aromatic nitrogens is 3. The highest BCUT2D eigenvalue weighted by Crippen LogP contribution is 2.38.